The van der Waals surface area contributed by atoms with Crippen LogP contribution >= 0.6 is 0 Å². The van der Waals surface area contributed by atoms with Gasteiger partial charge in [0, 0.05) is 51.3 Å². The first-order valence-electron chi connectivity index (χ1n) is 13.0. The van der Waals surface area contributed by atoms with Gasteiger partial charge in [-0.3, -0.25) is 9.80 Å². The standard InChI is InChI=1S/C27H38F2N6O3Si/c1-27(2,3)35(26(36)37)19-9-8-18(28)22(23(19)29)20-15-34-16-31-24(21(34)14-32(20)4)25-30-10-11-33(25)17-38-12-13-39(5,6)7/h8-11,16,20H,12-15,17H2,1-7H3,(H,36,37). The van der Waals surface area contributed by atoms with Gasteiger partial charge in [-0.2, -0.15) is 0 Å². The number of hydrogen-bond acceptors (Lipinski definition) is 5. The molecule has 212 valence electrons. The first kappa shape index (κ1) is 28.9. The number of aromatic nitrogens is 4. The third-order valence-electron chi connectivity index (χ3n) is 6.94. The molecule has 3 aromatic rings. The van der Waals surface area contributed by atoms with Gasteiger partial charge in [0.2, 0.25) is 0 Å². The van der Waals surface area contributed by atoms with Gasteiger partial charge in [0.05, 0.1) is 23.8 Å². The second-order valence-electron chi connectivity index (χ2n) is 12.3. The fraction of sp³-hybridized carbons (Fsp3) is 0.519. The zero-order chi connectivity index (χ0) is 28.7. The summed E-state index contributed by atoms with van der Waals surface area (Å²) in [6.45, 7) is 13.6. The van der Waals surface area contributed by atoms with Gasteiger partial charge in [-0.15, -0.1) is 0 Å². The van der Waals surface area contributed by atoms with Crippen molar-refractivity contribution in [3.05, 3.63) is 53.7 Å². The SMILES string of the molecule is CN1Cc2c(-c3nccn3COCC[Si](C)(C)C)ncn2CC1c1c(F)ccc(N(C(=O)O)C(C)(C)C)c1F. The number of nitrogens with zero attached hydrogens (tertiary/aromatic N) is 6. The van der Waals surface area contributed by atoms with Gasteiger partial charge in [-0.25, -0.2) is 23.5 Å². The van der Waals surface area contributed by atoms with Gasteiger partial charge in [0.15, 0.2) is 11.6 Å². The number of fused-ring (bicyclic) bond motifs is 1. The maximum atomic E-state index is 15.9. The van der Waals surface area contributed by atoms with E-state index in [1.54, 1.807) is 40.3 Å². The molecule has 2 aromatic heterocycles. The average Bonchev–Trinajstić information content (AvgIpc) is 3.43. The number of rotatable bonds is 8. The topological polar surface area (TPSA) is 88.7 Å². The van der Waals surface area contributed by atoms with Crippen molar-refractivity contribution in [3.63, 3.8) is 0 Å². The van der Waals surface area contributed by atoms with Crippen molar-refractivity contribution in [2.24, 2.45) is 0 Å². The maximum Gasteiger partial charge on any atom is 0.412 e. The highest BCUT2D eigenvalue weighted by Gasteiger charge is 2.36. The van der Waals surface area contributed by atoms with Crippen LogP contribution in [0.1, 0.15) is 38.1 Å². The molecular formula is C27H38F2N6O3Si. The lowest BCUT2D eigenvalue weighted by atomic mass is 9.98. The number of imidazole rings is 2. The van der Waals surface area contributed by atoms with E-state index in [1.807, 2.05) is 20.2 Å². The van der Waals surface area contributed by atoms with Crippen molar-refractivity contribution in [2.75, 3.05) is 18.6 Å². The van der Waals surface area contributed by atoms with Crippen LogP contribution in [0.25, 0.3) is 11.5 Å². The molecule has 0 fully saturated rings. The van der Waals surface area contributed by atoms with Crippen LogP contribution in [0, 0.1) is 11.6 Å². The van der Waals surface area contributed by atoms with Gasteiger partial charge in [0.25, 0.3) is 0 Å². The van der Waals surface area contributed by atoms with Crippen molar-refractivity contribution < 1.29 is 23.4 Å². The van der Waals surface area contributed by atoms with Crippen molar-refractivity contribution in [1.82, 2.24) is 24.0 Å². The number of benzene rings is 1. The molecule has 4 rings (SSSR count). The Kier molecular flexibility index (Phi) is 8.02. The summed E-state index contributed by atoms with van der Waals surface area (Å²) in [6.07, 6.45) is 3.91. The average molecular weight is 561 g/mol. The molecule has 1 aliphatic rings. The van der Waals surface area contributed by atoms with Crippen LogP contribution < -0.4 is 4.90 Å². The Morgan fingerprint density at radius 2 is 1.95 bits per heavy atom. The summed E-state index contributed by atoms with van der Waals surface area (Å²) in [5.41, 5.74) is 0.310. The third kappa shape index (κ3) is 6.07. The molecule has 9 nitrogen and oxygen atoms in total. The zero-order valence-electron chi connectivity index (χ0n) is 23.7. The van der Waals surface area contributed by atoms with Crippen LogP contribution in [0.15, 0.2) is 30.9 Å². The van der Waals surface area contributed by atoms with Gasteiger partial charge in [0.1, 0.15) is 18.2 Å². The lowest BCUT2D eigenvalue weighted by Gasteiger charge is -2.37. The van der Waals surface area contributed by atoms with Crippen LogP contribution in [-0.4, -0.2) is 62.5 Å². The van der Waals surface area contributed by atoms with E-state index in [1.165, 1.54) is 6.07 Å². The highest BCUT2D eigenvalue weighted by atomic mass is 28.3. The lowest BCUT2D eigenvalue weighted by molar-refractivity contribution is 0.0882. The van der Waals surface area contributed by atoms with Crippen molar-refractivity contribution >= 4 is 19.9 Å². The summed E-state index contributed by atoms with van der Waals surface area (Å²) < 4.78 is 40.7. The molecule has 1 aromatic carbocycles. The van der Waals surface area contributed by atoms with Crippen molar-refractivity contribution in [2.45, 2.75) is 77.9 Å². The lowest BCUT2D eigenvalue weighted by Crippen LogP contribution is -2.46. The quantitative estimate of drug-likeness (QED) is 0.276. The number of anilines is 1. The molecule has 0 saturated carbocycles. The predicted octanol–water partition coefficient (Wildman–Crippen LogP) is 5.81. The molecule has 1 N–H and O–H groups in total. The molecule has 1 unspecified atom stereocenters. The van der Waals surface area contributed by atoms with Gasteiger partial charge in [-0.1, -0.05) is 19.6 Å². The van der Waals surface area contributed by atoms with Crippen molar-refractivity contribution in [3.8, 4) is 11.5 Å². The smallest absolute Gasteiger partial charge is 0.412 e. The predicted molar refractivity (Wildman–Crippen MR) is 148 cm³/mol. The van der Waals surface area contributed by atoms with Crippen LogP contribution in [-0.2, 0) is 24.6 Å². The fourth-order valence-corrected chi connectivity index (χ4v) is 5.62. The van der Waals surface area contributed by atoms with Gasteiger partial charge in [-0.05, 0) is 46.0 Å². The highest BCUT2D eigenvalue weighted by molar-refractivity contribution is 6.76. The number of ether oxygens (including phenoxy) is 1. The van der Waals surface area contributed by atoms with Crippen LogP contribution in [0.4, 0.5) is 19.3 Å². The van der Waals surface area contributed by atoms with Gasteiger partial charge < -0.3 is 19.0 Å². The summed E-state index contributed by atoms with van der Waals surface area (Å²) in [4.78, 5) is 23.9. The molecule has 3 heterocycles. The van der Waals surface area contributed by atoms with Crippen LogP contribution in [0.5, 0.6) is 0 Å². The van der Waals surface area contributed by atoms with E-state index in [0.29, 0.717) is 31.4 Å². The number of halogens is 2. The van der Waals surface area contributed by atoms with E-state index in [-0.39, 0.29) is 17.8 Å². The Balaban J connectivity index is 1.62. The summed E-state index contributed by atoms with van der Waals surface area (Å²) in [7, 11) is 0.596. The number of likely N-dealkylation sites (N-methyl/N-ethyl adjacent to an activating group) is 1. The minimum atomic E-state index is -1.31. The minimum absolute atomic E-state index is 0.163. The van der Waals surface area contributed by atoms with Gasteiger partial charge >= 0.3 is 6.09 Å². The molecule has 0 spiro atoms. The van der Waals surface area contributed by atoms with E-state index in [2.05, 4.69) is 29.6 Å². The normalized spacial score (nSPS) is 16.4. The van der Waals surface area contributed by atoms with E-state index in [0.717, 1.165) is 22.7 Å². The number of amides is 1. The molecule has 1 aliphatic heterocycles. The maximum absolute atomic E-state index is 15.9. The molecule has 0 bridgehead atoms. The second kappa shape index (κ2) is 10.8. The zero-order valence-corrected chi connectivity index (χ0v) is 24.7. The molecule has 39 heavy (non-hydrogen) atoms. The Morgan fingerprint density at radius 1 is 1.23 bits per heavy atom. The molecule has 0 saturated heterocycles. The summed E-state index contributed by atoms with van der Waals surface area (Å²) in [6, 6.07) is 2.72. The first-order chi connectivity index (χ1) is 18.2. The third-order valence-corrected chi connectivity index (χ3v) is 8.65. The Labute approximate surface area is 229 Å². The van der Waals surface area contributed by atoms with E-state index in [4.69, 9.17) is 4.74 Å². The van der Waals surface area contributed by atoms with Crippen molar-refractivity contribution in [1.29, 1.82) is 0 Å². The number of carbonyl (C=O) groups is 1. The largest absolute Gasteiger partial charge is 0.465 e. The summed E-state index contributed by atoms with van der Waals surface area (Å²) in [5.74, 6) is -0.925. The molecule has 12 heteroatoms. The monoisotopic (exact) mass is 560 g/mol. The Bertz CT molecular complexity index is 1340. The summed E-state index contributed by atoms with van der Waals surface area (Å²) >= 11 is 0. The summed E-state index contributed by atoms with van der Waals surface area (Å²) in [5, 5.41) is 9.79. The highest BCUT2D eigenvalue weighted by Crippen LogP contribution is 2.38. The molecule has 1 amide bonds. The van der Waals surface area contributed by atoms with E-state index >= 15 is 8.78 Å². The number of hydrogen-bond donors (Lipinski definition) is 1. The van der Waals surface area contributed by atoms with Crippen LogP contribution in [0.3, 0.4) is 0 Å². The Hall–Kier alpha value is -3.09. The molecule has 1 atom stereocenters. The van der Waals surface area contributed by atoms with Crippen LogP contribution in [0.2, 0.25) is 25.7 Å². The molecule has 0 aliphatic carbocycles. The van der Waals surface area contributed by atoms with E-state index < -0.39 is 37.4 Å². The minimum Gasteiger partial charge on any atom is -0.465 e. The second-order valence-corrected chi connectivity index (χ2v) is 17.9. The Morgan fingerprint density at radius 3 is 2.59 bits per heavy atom. The fourth-order valence-electron chi connectivity index (χ4n) is 4.86. The molecular weight excluding hydrogens is 522 g/mol. The van der Waals surface area contributed by atoms with E-state index in [9.17, 15) is 9.90 Å². The first-order valence-corrected chi connectivity index (χ1v) is 16.7. The molecule has 0 radical (unpaired) electrons. The number of carboxylic acid groups (broad SMARTS) is 1.